The van der Waals surface area contributed by atoms with E-state index in [1.165, 1.54) is 18.4 Å². The molecule has 0 saturated carbocycles. The maximum atomic E-state index is 12.8. The maximum absolute atomic E-state index is 12.8. The summed E-state index contributed by atoms with van der Waals surface area (Å²) in [5.41, 5.74) is 0.950. The Morgan fingerprint density at radius 1 is 1.41 bits per heavy atom. The topological polar surface area (TPSA) is 46.2 Å². The molecule has 6 heteroatoms. The number of halogens is 2. The summed E-state index contributed by atoms with van der Waals surface area (Å²) < 4.78 is 35.3. The lowest BCUT2D eigenvalue weighted by Gasteiger charge is -2.06. The fraction of sp³-hybridized carbons (Fsp3) is 0.455. The second-order valence-corrected chi connectivity index (χ2v) is 7.01. The molecule has 0 saturated heterocycles. The highest BCUT2D eigenvalue weighted by Gasteiger charge is 2.03. The van der Waals surface area contributed by atoms with Gasteiger partial charge in [-0.3, -0.25) is 0 Å². The fourth-order valence-electron chi connectivity index (χ4n) is 1.35. The van der Waals surface area contributed by atoms with Crippen LogP contribution in [0.15, 0.2) is 22.7 Å². The van der Waals surface area contributed by atoms with Crippen molar-refractivity contribution in [2.75, 3.05) is 18.6 Å². The van der Waals surface area contributed by atoms with Crippen LogP contribution in [0, 0.1) is 5.82 Å². The summed E-state index contributed by atoms with van der Waals surface area (Å²) in [5.74, 6) is -0.0948. The van der Waals surface area contributed by atoms with Crippen molar-refractivity contribution in [1.29, 1.82) is 0 Å². The first-order valence-electron chi connectivity index (χ1n) is 5.21. The average Bonchev–Trinajstić information content (AvgIpc) is 2.18. The van der Waals surface area contributed by atoms with Crippen LogP contribution in [-0.4, -0.2) is 27.0 Å². The monoisotopic (exact) mass is 323 g/mol. The minimum absolute atomic E-state index is 0.185. The molecular formula is C11H15BrFNO2S. The zero-order valence-corrected chi connectivity index (χ0v) is 11.9. The van der Waals surface area contributed by atoms with Gasteiger partial charge in [-0.05, 0) is 30.7 Å². The Morgan fingerprint density at radius 2 is 2.12 bits per heavy atom. The van der Waals surface area contributed by atoms with E-state index in [9.17, 15) is 12.8 Å². The number of hydrogen-bond acceptors (Lipinski definition) is 3. The number of benzene rings is 1. The van der Waals surface area contributed by atoms with Crippen LogP contribution >= 0.6 is 15.9 Å². The third-order valence-electron chi connectivity index (χ3n) is 2.20. The highest BCUT2D eigenvalue weighted by Crippen LogP contribution is 2.17. The second-order valence-electron chi connectivity index (χ2n) is 3.90. The molecular weight excluding hydrogens is 309 g/mol. The van der Waals surface area contributed by atoms with Crippen LogP contribution in [0.5, 0.6) is 0 Å². The van der Waals surface area contributed by atoms with Gasteiger partial charge < -0.3 is 5.32 Å². The molecule has 1 aromatic rings. The summed E-state index contributed by atoms with van der Waals surface area (Å²) in [6.45, 7) is 1.21. The van der Waals surface area contributed by atoms with E-state index in [1.54, 1.807) is 6.07 Å². The van der Waals surface area contributed by atoms with Gasteiger partial charge in [0.05, 0.1) is 5.75 Å². The number of rotatable bonds is 6. The molecule has 1 aromatic carbocycles. The van der Waals surface area contributed by atoms with Gasteiger partial charge in [0.1, 0.15) is 15.7 Å². The van der Waals surface area contributed by atoms with Crippen LogP contribution in [0.4, 0.5) is 4.39 Å². The van der Waals surface area contributed by atoms with Crippen LogP contribution in [0.3, 0.4) is 0 Å². The van der Waals surface area contributed by atoms with Crippen molar-refractivity contribution in [2.24, 2.45) is 0 Å². The highest BCUT2D eigenvalue weighted by molar-refractivity contribution is 9.10. The quantitative estimate of drug-likeness (QED) is 0.816. The van der Waals surface area contributed by atoms with Gasteiger partial charge in [-0.1, -0.05) is 22.0 Å². The zero-order valence-electron chi connectivity index (χ0n) is 9.54. The Hall–Kier alpha value is -0.460. The first kappa shape index (κ1) is 14.6. The molecule has 0 unspecified atom stereocenters. The van der Waals surface area contributed by atoms with Gasteiger partial charge >= 0.3 is 0 Å². The van der Waals surface area contributed by atoms with Gasteiger partial charge in [0, 0.05) is 17.3 Å². The molecule has 0 aromatic heterocycles. The standard InChI is InChI=1S/C11H15BrFNO2S/c1-17(15,16)6-2-5-14-8-9-3-4-10(13)7-11(9)12/h3-4,7,14H,2,5-6,8H2,1H3. The summed E-state index contributed by atoms with van der Waals surface area (Å²) >= 11 is 3.27. The van der Waals surface area contributed by atoms with Gasteiger partial charge in [-0.15, -0.1) is 0 Å². The van der Waals surface area contributed by atoms with Crippen LogP contribution < -0.4 is 5.32 Å². The smallest absolute Gasteiger partial charge is 0.147 e. The molecule has 1 rings (SSSR count). The third-order valence-corrected chi connectivity index (χ3v) is 3.97. The summed E-state index contributed by atoms with van der Waals surface area (Å²) in [6.07, 6.45) is 1.81. The van der Waals surface area contributed by atoms with E-state index < -0.39 is 9.84 Å². The lowest BCUT2D eigenvalue weighted by atomic mass is 10.2. The van der Waals surface area contributed by atoms with Crippen molar-refractivity contribution in [3.05, 3.63) is 34.1 Å². The van der Waals surface area contributed by atoms with E-state index in [-0.39, 0.29) is 11.6 Å². The number of sulfone groups is 1. The largest absolute Gasteiger partial charge is 0.313 e. The lowest BCUT2D eigenvalue weighted by molar-refractivity contribution is 0.593. The summed E-state index contributed by atoms with van der Waals surface area (Å²) in [5, 5.41) is 3.12. The van der Waals surface area contributed by atoms with Gasteiger partial charge in [-0.25, -0.2) is 12.8 Å². The molecule has 0 aliphatic carbocycles. The summed E-state index contributed by atoms with van der Waals surface area (Å²) in [6, 6.07) is 4.51. The van der Waals surface area contributed by atoms with Crippen molar-refractivity contribution in [3.8, 4) is 0 Å². The maximum Gasteiger partial charge on any atom is 0.147 e. The Labute approximate surface area is 109 Å². The Balaban J connectivity index is 2.32. The van der Waals surface area contributed by atoms with Crippen molar-refractivity contribution < 1.29 is 12.8 Å². The van der Waals surface area contributed by atoms with E-state index in [0.717, 1.165) is 5.56 Å². The van der Waals surface area contributed by atoms with Gasteiger partial charge in [0.2, 0.25) is 0 Å². The van der Waals surface area contributed by atoms with E-state index >= 15 is 0 Å². The molecule has 3 nitrogen and oxygen atoms in total. The normalized spacial score (nSPS) is 11.7. The zero-order chi connectivity index (χ0) is 12.9. The molecule has 17 heavy (non-hydrogen) atoms. The minimum Gasteiger partial charge on any atom is -0.313 e. The van der Waals surface area contributed by atoms with Crippen LogP contribution in [0.1, 0.15) is 12.0 Å². The highest BCUT2D eigenvalue weighted by atomic mass is 79.9. The predicted molar refractivity (Wildman–Crippen MR) is 70.1 cm³/mol. The molecule has 0 aliphatic heterocycles. The SMILES string of the molecule is CS(=O)(=O)CCCNCc1ccc(F)cc1Br. The number of nitrogens with one attached hydrogen (secondary N) is 1. The van der Waals surface area contributed by atoms with Crippen molar-refractivity contribution in [1.82, 2.24) is 5.32 Å². The van der Waals surface area contributed by atoms with Crippen LogP contribution in [-0.2, 0) is 16.4 Å². The van der Waals surface area contributed by atoms with Crippen LogP contribution in [0.25, 0.3) is 0 Å². The lowest BCUT2D eigenvalue weighted by Crippen LogP contribution is -2.18. The Kier molecular flexibility index (Phi) is 5.55. The van der Waals surface area contributed by atoms with E-state index in [4.69, 9.17) is 0 Å². The summed E-state index contributed by atoms with van der Waals surface area (Å²) in [4.78, 5) is 0. The first-order chi connectivity index (χ1) is 7.88. The molecule has 96 valence electrons. The van der Waals surface area contributed by atoms with E-state index in [0.29, 0.717) is 24.0 Å². The molecule has 1 N–H and O–H groups in total. The van der Waals surface area contributed by atoms with Crippen LogP contribution in [0.2, 0.25) is 0 Å². The molecule has 0 aliphatic rings. The predicted octanol–water partition coefficient (Wildman–Crippen LogP) is 2.11. The first-order valence-corrected chi connectivity index (χ1v) is 8.06. The second kappa shape index (κ2) is 6.47. The Bertz CT molecular complexity index is 476. The molecule has 0 heterocycles. The van der Waals surface area contributed by atoms with Gasteiger partial charge in [0.25, 0.3) is 0 Å². The van der Waals surface area contributed by atoms with Gasteiger partial charge in [0.15, 0.2) is 0 Å². The average molecular weight is 324 g/mol. The molecule has 0 amide bonds. The number of hydrogen-bond donors (Lipinski definition) is 1. The van der Waals surface area contributed by atoms with E-state index in [2.05, 4.69) is 21.2 Å². The molecule has 0 radical (unpaired) electrons. The molecule has 0 spiro atoms. The third kappa shape index (κ3) is 6.14. The molecule has 0 bridgehead atoms. The fourth-order valence-corrected chi connectivity index (χ4v) is 2.51. The van der Waals surface area contributed by atoms with Crippen molar-refractivity contribution in [3.63, 3.8) is 0 Å². The van der Waals surface area contributed by atoms with Crippen molar-refractivity contribution in [2.45, 2.75) is 13.0 Å². The van der Waals surface area contributed by atoms with Crippen molar-refractivity contribution >= 4 is 25.8 Å². The molecule has 0 fully saturated rings. The minimum atomic E-state index is -2.88. The summed E-state index contributed by atoms with van der Waals surface area (Å²) in [7, 11) is -2.88. The Morgan fingerprint density at radius 3 is 2.71 bits per heavy atom. The van der Waals surface area contributed by atoms with Gasteiger partial charge in [-0.2, -0.15) is 0 Å². The van der Waals surface area contributed by atoms with E-state index in [1.807, 2.05) is 0 Å². The molecule has 0 atom stereocenters.